The Bertz CT molecular complexity index is 518. The van der Waals surface area contributed by atoms with Gasteiger partial charge in [0.2, 0.25) is 5.91 Å². The van der Waals surface area contributed by atoms with Crippen LogP contribution < -0.4 is 5.32 Å². The van der Waals surface area contributed by atoms with Crippen molar-refractivity contribution in [1.82, 2.24) is 10.2 Å². The van der Waals surface area contributed by atoms with Crippen LogP contribution in [0.1, 0.15) is 44.3 Å². The van der Waals surface area contributed by atoms with E-state index in [0.29, 0.717) is 31.6 Å². The standard InChI is InChI=1S/C18H26N2O3/c1-2-7-16(21)19-12-14-8-6-11-20(13-14)18(23)17(22)15-9-4-3-5-10-15/h3-5,9-10,14,17,22H,2,6-8,11-13H2,1H3,(H,19,21). The normalized spacial score (nSPS) is 19.2. The summed E-state index contributed by atoms with van der Waals surface area (Å²) in [6.45, 7) is 3.84. The van der Waals surface area contributed by atoms with Crippen LogP contribution in [0, 0.1) is 5.92 Å². The molecule has 2 rings (SSSR count). The van der Waals surface area contributed by atoms with E-state index in [0.717, 1.165) is 19.3 Å². The minimum absolute atomic E-state index is 0.0697. The maximum absolute atomic E-state index is 12.5. The molecule has 0 spiro atoms. The quantitative estimate of drug-likeness (QED) is 0.841. The average Bonchev–Trinajstić information content (AvgIpc) is 2.60. The summed E-state index contributed by atoms with van der Waals surface area (Å²) in [4.78, 5) is 25.8. The average molecular weight is 318 g/mol. The van der Waals surface area contributed by atoms with Gasteiger partial charge >= 0.3 is 0 Å². The van der Waals surface area contributed by atoms with Gasteiger partial charge in [0.15, 0.2) is 6.10 Å². The highest BCUT2D eigenvalue weighted by Crippen LogP contribution is 2.21. The number of amides is 2. The van der Waals surface area contributed by atoms with Crippen LogP contribution in [0.25, 0.3) is 0 Å². The molecule has 1 aromatic rings. The molecule has 2 amide bonds. The number of benzene rings is 1. The number of nitrogens with zero attached hydrogens (tertiary/aromatic N) is 1. The highest BCUT2D eigenvalue weighted by Gasteiger charge is 2.28. The van der Waals surface area contributed by atoms with E-state index in [1.165, 1.54) is 0 Å². The lowest BCUT2D eigenvalue weighted by atomic mass is 9.96. The van der Waals surface area contributed by atoms with Crippen LogP contribution >= 0.6 is 0 Å². The van der Waals surface area contributed by atoms with Gasteiger partial charge in [-0.2, -0.15) is 0 Å². The maximum Gasteiger partial charge on any atom is 0.256 e. The molecule has 2 atom stereocenters. The number of hydrogen-bond donors (Lipinski definition) is 2. The Morgan fingerprint density at radius 2 is 2.09 bits per heavy atom. The van der Waals surface area contributed by atoms with E-state index in [1.54, 1.807) is 17.0 Å². The number of hydrogen-bond acceptors (Lipinski definition) is 3. The van der Waals surface area contributed by atoms with Crippen molar-refractivity contribution in [1.29, 1.82) is 0 Å². The maximum atomic E-state index is 12.5. The fraction of sp³-hybridized carbons (Fsp3) is 0.556. The van der Waals surface area contributed by atoms with Gasteiger partial charge in [-0.25, -0.2) is 0 Å². The van der Waals surface area contributed by atoms with Gasteiger partial charge < -0.3 is 15.3 Å². The third-order valence-electron chi connectivity index (χ3n) is 4.24. The largest absolute Gasteiger partial charge is 0.378 e. The van der Waals surface area contributed by atoms with E-state index in [1.807, 2.05) is 25.1 Å². The van der Waals surface area contributed by atoms with Crippen LogP contribution in [-0.4, -0.2) is 41.5 Å². The van der Waals surface area contributed by atoms with E-state index in [9.17, 15) is 14.7 Å². The molecule has 1 aliphatic heterocycles. The van der Waals surface area contributed by atoms with Crippen LogP contribution in [0.4, 0.5) is 0 Å². The molecule has 0 aliphatic carbocycles. The van der Waals surface area contributed by atoms with Gasteiger partial charge in [-0.05, 0) is 30.7 Å². The van der Waals surface area contributed by atoms with Gasteiger partial charge in [0.1, 0.15) is 0 Å². The first-order valence-corrected chi connectivity index (χ1v) is 8.40. The molecule has 5 nitrogen and oxygen atoms in total. The van der Waals surface area contributed by atoms with Crippen molar-refractivity contribution < 1.29 is 14.7 Å². The Balaban J connectivity index is 1.87. The number of nitrogens with one attached hydrogen (secondary N) is 1. The van der Waals surface area contributed by atoms with Crippen LogP contribution in [0.3, 0.4) is 0 Å². The minimum Gasteiger partial charge on any atom is -0.378 e. The van der Waals surface area contributed by atoms with Gasteiger partial charge in [0.25, 0.3) is 5.91 Å². The zero-order valence-electron chi connectivity index (χ0n) is 13.7. The molecule has 0 saturated carbocycles. The van der Waals surface area contributed by atoms with E-state index < -0.39 is 6.10 Å². The zero-order chi connectivity index (χ0) is 16.7. The molecule has 0 aromatic heterocycles. The molecular formula is C18H26N2O3. The summed E-state index contributed by atoms with van der Waals surface area (Å²) < 4.78 is 0. The molecule has 1 aromatic carbocycles. The number of piperidine rings is 1. The number of likely N-dealkylation sites (tertiary alicyclic amines) is 1. The van der Waals surface area contributed by atoms with Gasteiger partial charge in [-0.3, -0.25) is 9.59 Å². The summed E-state index contributed by atoms with van der Waals surface area (Å²) in [5.74, 6) is 0.0811. The third-order valence-corrected chi connectivity index (χ3v) is 4.24. The smallest absolute Gasteiger partial charge is 0.256 e. The van der Waals surface area contributed by atoms with Crippen molar-refractivity contribution in [2.24, 2.45) is 5.92 Å². The van der Waals surface area contributed by atoms with Gasteiger partial charge in [0, 0.05) is 26.1 Å². The first-order valence-electron chi connectivity index (χ1n) is 8.40. The third kappa shape index (κ3) is 5.06. The van der Waals surface area contributed by atoms with E-state index in [4.69, 9.17) is 0 Å². The fourth-order valence-corrected chi connectivity index (χ4v) is 2.96. The summed E-state index contributed by atoms with van der Waals surface area (Å²) in [6, 6.07) is 9.00. The molecule has 5 heteroatoms. The zero-order valence-corrected chi connectivity index (χ0v) is 13.7. The van der Waals surface area contributed by atoms with Crippen molar-refractivity contribution >= 4 is 11.8 Å². The van der Waals surface area contributed by atoms with Crippen LogP contribution in [0.5, 0.6) is 0 Å². The van der Waals surface area contributed by atoms with Crippen LogP contribution in [-0.2, 0) is 9.59 Å². The minimum atomic E-state index is -1.11. The monoisotopic (exact) mass is 318 g/mol. The number of carbonyl (C=O) groups is 2. The van der Waals surface area contributed by atoms with Gasteiger partial charge in [-0.15, -0.1) is 0 Å². The second kappa shape index (κ2) is 8.67. The number of rotatable bonds is 6. The van der Waals surface area contributed by atoms with Crippen LogP contribution in [0.2, 0.25) is 0 Å². The van der Waals surface area contributed by atoms with Gasteiger partial charge in [0.05, 0.1) is 0 Å². The Kier molecular flexibility index (Phi) is 6.59. The lowest BCUT2D eigenvalue weighted by molar-refractivity contribution is -0.142. The van der Waals surface area contributed by atoms with Crippen molar-refractivity contribution in [2.75, 3.05) is 19.6 Å². The summed E-state index contributed by atoms with van der Waals surface area (Å²) in [5.41, 5.74) is 0.621. The molecular weight excluding hydrogens is 292 g/mol. The molecule has 1 heterocycles. The predicted molar refractivity (Wildman–Crippen MR) is 88.6 cm³/mol. The van der Waals surface area contributed by atoms with Crippen molar-refractivity contribution in [2.45, 2.75) is 38.7 Å². The summed E-state index contributed by atoms with van der Waals surface area (Å²) in [7, 11) is 0. The first-order chi connectivity index (χ1) is 11.1. The first kappa shape index (κ1) is 17.5. The molecule has 0 radical (unpaired) electrons. The molecule has 2 unspecified atom stereocenters. The highest BCUT2D eigenvalue weighted by atomic mass is 16.3. The van der Waals surface area contributed by atoms with Crippen molar-refractivity contribution in [3.05, 3.63) is 35.9 Å². The second-order valence-corrected chi connectivity index (χ2v) is 6.16. The summed E-state index contributed by atoms with van der Waals surface area (Å²) in [6.07, 6.45) is 2.18. The lowest BCUT2D eigenvalue weighted by Gasteiger charge is -2.34. The van der Waals surface area contributed by atoms with Crippen molar-refractivity contribution in [3.8, 4) is 0 Å². The molecule has 0 bridgehead atoms. The SMILES string of the molecule is CCCC(=O)NCC1CCCN(C(=O)C(O)c2ccccc2)C1. The number of carbonyl (C=O) groups excluding carboxylic acids is 2. The lowest BCUT2D eigenvalue weighted by Crippen LogP contribution is -2.45. The second-order valence-electron chi connectivity index (χ2n) is 6.16. The molecule has 126 valence electrons. The Morgan fingerprint density at radius 3 is 2.78 bits per heavy atom. The van der Waals surface area contributed by atoms with E-state index in [2.05, 4.69) is 5.32 Å². The topological polar surface area (TPSA) is 69.6 Å². The van der Waals surface area contributed by atoms with Crippen LogP contribution in [0.15, 0.2) is 30.3 Å². The van der Waals surface area contributed by atoms with E-state index >= 15 is 0 Å². The molecule has 1 aliphatic rings. The molecule has 2 N–H and O–H groups in total. The molecule has 1 saturated heterocycles. The number of aliphatic hydroxyl groups excluding tert-OH is 1. The predicted octanol–water partition coefficient (Wildman–Crippen LogP) is 1.87. The van der Waals surface area contributed by atoms with Crippen molar-refractivity contribution in [3.63, 3.8) is 0 Å². The Morgan fingerprint density at radius 1 is 1.35 bits per heavy atom. The molecule has 1 fully saturated rings. The van der Waals surface area contributed by atoms with Gasteiger partial charge in [-0.1, -0.05) is 37.3 Å². The molecule has 23 heavy (non-hydrogen) atoms. The fourth-order valence-electron chi connectivity index (χ4n) is 2.96. The Hall–Kier alpha value is -1.88. The summed E-state index contributed by atoms with van der Waals surface area (Å²) in [5, 5.41) is 13.2. The number of aliphatic hydroxyl groups is 1. The Labute approximate surface area is 137 Å². The highest BCUT2D eigenvalue weighted by molar-refractivity contribution is 5.82. The summed E-state index contributed by atoms with van der Waals surface area (Å²) >= 11 is 0. The van der Waals surface area contributed by atoms with E-state index in [-0.39, 0.29) is 17.7 Å².